The number of pyridine rings is 2. The maximum absolute atomic E-state index is 4.62. The van der Waals surface area contributed by atoms with Crippen molar-refractivity contribution in [3.8, 4) is 22.0 Å². The first kappa shape index (κ1) is 12.3. The topological polar surface area (TPSA) is 99.0 Å². The van der Waals surface area contributed by atoms with Gasteiger partial charge in [-0.15, -0.1) is 15.3 Å². The van der Waals surface area contributed by atoms with Crippen molar-refractivity contribution in [2.45, 2.75) is 0 Å². The van der Waals surface area contributed by atoms with Gasteiger partial charge in [-0.25, -0.2) is 0 Å². The van der Waals surface area contributed by atoms with Crippen molar-refractivity contribution < 1.29 is 0 Å². The number of hydrogen-bond donors (Lipinski definition) is 0. The fourth-order valence-electron chi connectivity index (χ4n) is 2.33. The van der Waals surface area contributed by atoms with Crippen molar-refractivity contribution >= 4 is 21.9 Å². The molecular weight excluding hydrogens is 314 g/mol. The Balaban J connectivity index is 1.73. The molecule has 0 unspecified atom stereocenters. The molecule has 0 N–H and O–H groups in total. The fraction of sp³-hybridized carbons (Fsp3) is 0. The molecule has 5 aromatic heterocycles. The van der Waals surface area contributed by atoms with Crippen molar-refractivity contribution in [1.29, 1.82) is 0 Å². The lowest BCUT2D eigenvalue weighted by Crippen LogP contribution is -1.93. The standard InChI is InChI=1S/C13H7N9S/c1-3-8(7-14-5-1)10-15-17-13-22(10)18-12(23-13)9-4-2-6-21-11(9)16-19-20-21/h1-7H. The number of fused-ring (bicyclic) bond motifs is 2. The van der Waals surface area contributed by atoms with Crippen LogP contribution in [0.2, 0.25) is 0 Å². The van der Waals surface area contributed by atoms with Crippen molar-refractivity contribution in [3.63, 3.8) is 0 Å². The van der Waals surface area contributed by atoms with Crippen molar-refractivity contribution in [3.05, 3.63) is 42.9 Å². The van der Waals surface area contributed by atoms with E-state index in [9.17, 15) is 0 Å². The van der Waals surface area contributed by atoms with Crippen LogP contribution in [0, 0.1) is 0 Å². The van der Waals surface area contributed by atoms with Crippen LogP contribution in [0.25, 0.3) is 32.6 Å². The zero-order valence-electron chi connectivity index (χ0n) is 11.5. The van der Waals surface area contributed by atoms with E-state index in [-0.39, 0.29) is 0 Å². The van der Waals surface area contributed by atoms with E-state index in [0.29, 0.717) is 16.4 Å². The van der Waals surface area contributed by atoms with Crippen LogP contribution in [0.1, 0.15) is 0 Å². The number of tetrazole rings is 1. The molecule has 0 aromatic carbocycles. The molecule has 5 rings (SSSR count). The van der Waals surface area contributed by atoms with Gasteiger partial charge in [0.05, 0.1) is 5.56 Å². The van der Waals surface area contributed by atoms with Gasteiger partial charge in [0.25, 0.3) is 0 Å². The zero-order chi connectivity index (χ0) is 15.2. The third kappa shape index (κ3) is 1.82. The Bertz CT molecular complexity index is 1120. The monoisotopic (exact) mass is 321 g/mol. The first-order valence-electron chi connectivity index (χ1n) is 6.70. The Kier molecular flexibility index (Phi) is 2.46. The van der Waals surface area contributed by atoms with E-state index in [0.717, 1.165) is 16.1 Å². The summed E-state index contributed by atoms with van der Waals surface area (Å²) in [5, 5.41) is 25.4. The molecule has 0 aliphatic heterocycles. The smallest absolute Gasteiger partial charge is 0.235 e. The molecule has 0 saturated carbocycles. The highest BCUT2D eigenvalue weighted by atomic mass is 32.1. The first-order valence-corrected chi connectivity index (χ1v) is 7.51. The lowest BCUT2D eigenvalue weighted by atomic mass is 10.3. The van der Waals surface area contributed by atoms with Crippen LogP contribution in [0.15, 0.2) is 42.9 Å². The molecule has 0 saturated heterocycles. The minimum atomic E-state index is 0.653. The van der Waals surface area contributed by atoms with Crippen LogP contribution >= 0.6 is 11.3 Å². The summed E-state index contributed by atoms with van der Waals surface area (Å²) < 4.78 is 3.32. The molecule has 10 heteroatoms. The largest absolute Gasteiger partial charge is 0.264 e. The van der Waals surface area contributed by atoms with Gasteiger partial charge < -0.3 is 0 Å². The van der Waals surface area contributed by atoms with E-state index in [1.807, 2.05) is 24.3 Å². The second kappa shape index (κ2) is 4.61. The van der Waals surface area contributed by atoms with E-state index in [1.54, 1.807) is 27.6 Å². The van der Waals surface area contributed by atoms with Gasteiger partial charge in [-0.2, -0.15) is 14.1 Å². The number of hydrogen-bond acceptors (Lipinski definition) is 8. The van der Waals surface area contributed by atoms with Gasteiger partial charge in [0.2, 0.25) is 4.96 Å². The van der Waals surface area contributed by atoms with Gasteiger partial charge in [-0.05, 0) is 34.7 Å². The SMILES string of the molecule is c1cncc(-c2nnc3sc(-c4cccn5nnnc45)nn23)c1. The van der Waals surface area contributed by atoms with E-state index in [1.165, 1.54) is 11.3 Å². The molecular formula is C13H7N9S. The molecule has 23 heavy (non-hydrogen) atoms. The van der Waals surface area contributed by atoms with E-state index >= 15 is 0 Å². The first-order chi connectivity index (χ1) is 11.4. The molecule has 0 atom stereocenters. The Labute approximate surface area is 132 Å². The molecule has 0 aliphatic carbocycles. The Morgan fingerprint density at radius 2 is 2.04 bits per heavy atom. The molecule has 0 aliphatic rings. The molecule has 0 amide bonds. The van der Waals surface area contributed by atoms with E-state index in [2.05, 4.69) is 35.8 Å². The quantitative estimate of drug-likeness (QED) is 0.484. The highest BCUT2D eigenvalue weighted by Gasteiger charge is 2.17. The normalized spacial score (nSPS) is 11.5. The average Bonchev–Trinajstić information content (AvgIpc) is 3.30. The lowest BCUT2D eigenvalue weighted by Gasteiger charge is -1.97. The number of rotatable bonds is 2. The molecule has 9 nitrogen and oxygen atoms in total. The fourth-order valence-corrected chi connectivity index (χ4v) is 3.19. The summed E-state index contributed by atoms with van der Waals surface area (Å²) in [6.45, 7) is 0. The molecule has 0 bridgehead atoms. The summed E-state index contributed by atoms with van der Waals surface area (Å²) in [6.07, 6.45) is 5.24. The van der Waals surface area contributed by atoms with Crippen LogP contribution in [-0.2, 0) is 0 Å². The van der Waals surface area contributed by atoms with Crippen molar-refractivity contribution in [2.24, 2.45) is 0 Å². The zero-order valence-corrected chi connectivity index (χ0v) is 12.3. The van der Waals surface area contributed by atoms with Gasteiger partial charge >= 0.3 is 0 Å². The maximum atomic E-state index is 4.62. The van der Waals surface area contributed by atoms with Crippen LogP contribution in [0.5, 0.6) is 0 Å². The highest BCUT2D eigenvalue weighted by molar-refractivity contribution is 7.19. The van der Waals surface area contributed by atoms with Gasteiger partial charge in [0, 0.05) is 24.2 Å². The summed E-state index contributed by atoms with van der Waals surface area (Å²) >= 11 is 1.43. The minimum absolute atomic E-state index is 0.653. The van der Waals surface area contributed by atoms with Gasteiger partial charge in [0.1, 0.15) is 0 Å². The van der Waals surface area contributed by atoms with Crippen molar-refractivity contribution in [1.82, 2.24) is 44.8 Å². The molecule has 0 radical (unpaired) electrons. The Hall–Kier alpha value is -3.27. The van der Waals surface area contributed by atoms with Crippen LogP contribution < -0.4 is 0 Å². The predicted molar refractivity (Wildman–Crippen MR) is 81.7 cm³/mol. The van der Waals surface area contributed by atoms with Crippen LogP contribution in [0.3, 0.4) is 0 Å². The molecule has 0 spiro atoms. The Morgan fingerprint density at radius 3 is 2.96 bits per heavy atom. The predicted octanol–water partition coefficient (Wildman–Crippen LogP) is 1.35. The summed E-state index contributed by atoms with van der Waals surface area (Å²) in [7, 11) is 0. The van der Waals surface area contributed by atoms with E-state index < -0.39 is 0 Å². The summed E-state index contributed by atoms with van der Waals surface area (Å²) in [5.74, 6) is 0.655. The van der Waals surface area contributed by atoms with Gasteiger partial charge in [0.15, 0.2) is 16.5 Å². The Morgan fingerprint density at radius 1 is 1.04 bits per heavy atom. The summed E-state index contributed by atoms with van der Waals surface area (Å²) in [4.78, 5) is 4.81. The highest BCUT2D eigenvalue weighted by Crippen LogP contribution is 2.29. The second-order valence-electron chi connectivity index (χ2n) is 4.74. The number of nitrogens with zero attached hydrogens (tertiary/aromatic N) is 9. The molecule has 110 valence electrons. The third-order valence-electron chi connectivity index (χ3n) is 3.36. The van der Waals surface area contributed by atoms with Crippen LogP contribution in [-0.4, -0.2) is 44.8 Å². The van der Waals surface area contributed by atoms with Gasteiger partial charge in [-0.1, -0.05) is 11.3 Å². The third-order valence-corrected chi connectivity index (χ3v) is 4.30. The maximum Gasteiger partial charge on any atom is 0.235 e. The number of aromatic nitrogens is 9. The van der Waals surface area contributed by atoms with Crippen molar-refractivity contribution in [2.75, 3.05) is 0 Å². The average molecular weight is 321 g/mol. The minimum Gasteiger partial charge on any atom is -0.264 e. The summed E-state index contributed by atoms with van der Waals surface area (Å²) in [5.41, 5.74) is 2.37. The molecule has 5 aromatic rings. The summed E-state index contributed by atoms with van der Waals surface area (Å²) in [6, 6.07) is 7.59. The van der Waals surface area contributed by atoms with E-state index in [4.69, 9.17) is 0 Å². The second-order valence-corrected chi connectivity index (χ2v) is 5.69. The molecule has 0 fully saturated rings. The molecule has 5 heterocycles. The van der Waals surface area contributed by atoms with Gasteiger partial charge in [-0.3, -0.25) is 4.98 Å². The lowest BCUT2D eigenvalue weighted by molar-refractivity contribution is 0.823. The van der Waals surface area contributed by atoms with Crippen LogP contribution in [0.4, 0.5) is 0 Å².